The first-order valence-electron chi connectivity index (χ1n) is 12.6. The normalized spacial score (nSPS) is 19.4. The summed E-state index contributed by atoms with van der Waals surface area (Å²) in [5.74, 6) is 0.611. The van der Waals surface area contributed by atoms with Gasteiger partial charge in [0.2, 0.25) is 5.91 Å². The fourth-order valence-electron chi connectivity index (χ4n) is 5.87. The molecule has 2 aliphatic heterocycles. The summed E-state index contributed by atoms with van der Waals surface area (Å²) in [6, 6.07) is 17.3. The third-order valence-corrected chi connectivity index (χ3v) is 7.96. The number of hydrogen-bond acceptors (Lipinski definition) is 3. The maximum absolute atomic E-state index is 13.9. The number of rotatable bonds is 5. The van der Waals surface area contributed by atoms with Crippen molar-refractivity contribution >= 4 is 16.8 Å². The predicted molar refractivity (Wildman–Crippen MR) is 134 cm³/mol. The van der Waals surface area contributed by atoms with E-state index in [0.717, 1.165) is 69.4 Å². The van der Waals surface area contributed by atoms with Crippen LogP contribution in [0.2, 0.25) is 0 Å². The summed E-state index contributed by atoms with van der Waals surface area (Å²) in [7, 11) is 2.12. The average molecular weight is 460 g/mol. The second kappa shape index (κ2) is 9.83. The Bertz CT molecular complexity index is 1140. The molecule has 5 rings (SSSR count). The van der Waals surface area contributed by atoms with Gasteiger partial charge in [-0.2, -0.15) is 0 Å². The third kappa shape index (κ3) is 4.85. The number of piperidine rings is 2. The van der Waals surface area contributed by atoms with Crippen molar-refractivity contribution in [3.8, 4) is 0 Å². The van der Waals surface area contributed by atoms with Crippen LogP contribution in [-0.4, -0.2) is 53.9 Å². The highest BCUT2D eigenvalue weighted by molar-refractivity contribution is 5.83. The molecule has 178 valence electrons. The van der Waals surface area contributed by atoms with E-state index in [4.69, 9.17) is 0 Å². The molecule has 0 aliphatic carbocycles. The third-order valence-electron chi connectivity index (χ3n) is 7.96. The summed E-state index contributed by atoms with van der Waals surface area (Å²) >= 11 is 0. The van der Waals surface area contributed by atoms with Gasteiger partial charge in [-0.15, -0.1) is 0 Å². The smallest absolute Gasteiger partial charge is 0.229 e. The second-order valence-corrected chi connectivity index (χ2v) is 10.3. The molecule has 1 amide bonds. The van der Waals surface area contributed by atoms with Gasteiger partial charge in [0, 0.05) is 24.7 Å². The van der Waals surface area contributed by atoms with Crippen molar-refractivity contribution in [3.63, 3.8) is 0 Å². The molecule has 3 heterocycles. The molecule has 2 aromatic carbocycles. The van der Waals surface area contributed by atoms with Crippen LogP contribution in [0.5, 0.6) is 0 Å². The van der Waals surface area contributed by atoms with Gasteiger partial charge in [-0.1, -0.05) is 36.4 Å². The highest BCUT2D eigenvalue weighted by Crippen LogP contribution is 2.38. The number of para-hydroxylation sites is 1. The van der Waals surface area contributed by atoms with Gasteiger partial charge in [0.1, 0.15) is 5.82 Å². The van der Waals surface area contributed by atoms with E-state index >= 15 is 0 Å². The molecule has 1 aromatic heterocycles. The number of carbonyl (C=O) groups is 1. The summed E-state index contributed by atoms with van der Waals surface area (Å²) < 4.78 is 13.9. The van der Waals surface area contributed by atoms with Crippen LogP contribution in [0.3, 0.4) is 0 Å². The Morgan fingerprint density at radius 1 is 1.03 bits per heavy atom. The van der Waals surface area contributed by atoms with Crippen LogP contribution in [0.25, 0.3) is 10.9 Å². The molecule has 2 aliphatic rings. The highest BCUT2D eigenvalue weighted by atomic mass is 19.1. The van der Waals surface area contributed by atoms with Gasteiger partial charge in [0.25, 0.3) is 0 Å². The molecule has 4 nitrogen and oxygen atoms in total. The number of benzene rings is 2. The van der Waals surface area contributed by atoms with Crippen LogP contribution >= 0.6 is 0 Å². The maximum atomic E-state index is 13.9. The first-order chi connectivity index (χ1) is 16.5. The fraction of sp³-hybridized carbons (Fsp3) is 0.448. The minimum absolute atomic E-state index is 0.225. The van der Waals surface area contributed by atoms with Gasteiger partial charge in [-0.3, -0.25) is 9.78 Å². The fourth-order valence-corrected chi connectivity index (χ4v) is 5.87. The van der Waals surface area contributed by atoms with Gasteiger partial charge in [-0.25, -0.2) is 4.39 Å². The highest BCUT2D eigenvalue weighted by Gasteiger charge is 2.43. The SMILES string of the molecule is CN1CCC(Cc2cccc(F)c2)(C(=O)N2CCC(Cc3cccc4cccnc34)CC2)CC1. The number of amides is 1. The lowest BCUT2D eigenvalue weighted by Gasteiger charge is -2.44. The van der Waals surface area contributed by atoms with Crippen molar-refractivity contribution in [2.24, 2.45) is 11.3 Å². The topological polar surface area (TPSA) is 36.4 Å². The molecule has 3 aromatic rings. The monoisotopic (exact) mass is 459 g/mol. The van der Waals surface area contributed by atoms with Crippen LogP contribution in [0.4, 0.5) is 4.39 Å². The van der Waals surface area contributed by atoms with E-state index in [-0.39, 0.29) is 11.7 Å². The van der Waals surface area contributed by atoms with Crippen molar-refractivity contribution in [3.05, 3.63) is 77.7 Å². The molecule has 2 saturated heterocycles. The summed E-state index contributed by atoms with van der Waals surface area (Å²) in [5.41, 5.74) is 2.91. The molecule has 5 heteroatoms. The van der Waals surface area contributed by atoms with Crippen LogP contribution in [0, 0.1) is 17.2 Å². The van der Waals surface area contributed by atoms with Crippen molar-refractivity contribution < 1.29 is 9.18 Å². The zero-order chi connectivity index (χ0) is 23.5. The number of fused-ring (bicyclic) bond motifs is 1. The second-order valence-electron chi connectivity index (χ2n) is 10.3. The Morgan fingerprint density at radius 3 is 2.53 bits per heavy atom. The number of likely N-dealkylation sites (tertiary alicyclic amines) is 2. The first-order valence-corrected chi connectivity index (χ1v) is 12.6. The first kappa shape index (κ1) is 23.0. The molecule has 0 spiro atoms. The Kier molecular flexibility index (Phi) is 6.64. The Balaban J connectivity index is 1.27. The summed E-state index contributed by atoms with van der Waals surface area (Å²) in [5, 5.41) is 1.19. The summed E-state index contributed by atoms with van der Waals surface area (Å²) in [4.78, 5) is 22.9. The lowest BCUT2D eigenvalue weighted by Crippen LogP contribution is -2.52. The minimum atomic E-state index is -0.424. The van der Waals surface area contributed by atoms with Crippen molar-refractivity contribution in [1.82, 2.24) is 14.8 Å². The quantitative estimate of drug-likeness (QED) is 0.532. The zero-order valence-corrected chi connectivity index (χ0v) is 20.0. The number of hydrogen-bond donors (Lipinski definition) is 0. The lowest BCUT2D eigenvalue weighted by molar-refractivity contribution is -0.146. The molecule has 2 fully saturated rings. The van der Waals surface area contributed by atoms with Gasteiger partial charge < -0.3 is 9.80 Å². The van der Waals surface area contributed by atoms with E-state index in [1.54, 1.807) is 12.1 Å². The Hall–Kier alpha value is -2.79. The number of pyridine rings is 1. The van der Waals surface area contributed by atoms with E-state index in [9.17, 15) is 9.18 Å². The van der Waals surface area contributed by atoms with Crippen LogP contribution in [-0.2, 0) is 17.6 Å². The number of halogens is 1. The molecular formula is C29H34FN3O. The summed E-state index contributed by atoms with van der Waals surface area (Å²) in [6.45, 7) is 3.43. The standard InChI is InChI=1S/C29H34FN3O/c1-32-17-12-29(13-18-32,21-23-5-2-9-26(30)20-23)28(34)33-15-10-22(11-16-33)19-25-7-3-6-24-8-4-14-31-27(24)25/h2-9,14,20,22H,10-13,15-19,21H2,1H3. The molecule has 0 bridgehead atoms. The molecule has 34 heavy (non-hydrogen) atoms. The Labute approximate surface area is 201 Å². The van der Waals surface area contributed by atoms with Crippen LogP contribution in [0.15, 0.2) is 60.8 Å². The van der Waals surface area contributed by atoms with Gasteiger partial charge in [0.05, 0.1) is 10.9 Å². The van der Waals surface area contributed by atoms with Gasteiger partial charge in [0.15, 0.2) is 0 Å². The van der Waals surface area contributed by atoms with E-state index in [1.807, 2.05) is 18.3 Å². The number of nitrogens with zero attached hydrogens (tertiary/aromatic N) is 3. The maximum Gasteiger partial charge on any atom is 0.229 e. The predicted octanol–water partition coefficient (Wildman–Crippen LogP) is 5.11. The molecule has 0 unspecified atom stereocenters. The molecular weight excluding hydrogens is 425 g/mol. The Morgan fingerprint density at radius 2 is 1.76 bits per heavy atom. The number of aromatic nitrogens is 1. The van der Waals surface area contributed by atoms with E-state index in [0.29, 0.717) is 12.3 Å². The number of carbonyl (C=O) groups excluding carboxylic acids is 1. The van der Waals surface area contributed by atoms with E-state index < -0.39 is 5.41 Å². The zero-order valence-electron chi connectivity index (χ0n) is 20.0. The van der Waals surface area contributed by atoms with Crippen molar-refractivity contribution in [2.75, 3.05) is 33.2 Å². The van der Waals surface area contributed by atoms with Crippen LogP contribution < -0.4 is 0 Å². The minimum Gasteiger partial charge on any atom is -0.342 e. The van der Waals surface area contributed by atoms with E-state index in [1.165, 1.54) is 17.0 Å². The van der Waals surface area contributed by atoms with E-state index in [2.05, 4.69) is 46.1 Å². The molecule has 0 N–H and O–H groups in total. The summed E-state index contributed by atoms with van der Waals surface area (Å²) in [6.07, 6.45) is 7.21. The van der Waals surface area contributed by atoms with Crippen molar-refractivity contribution in [2.45, 2.75) is 38.5 Å². The lowest BCUT2D eigenvalue weighted by atomic mass is 9.72. The molecule has 0 saturated carbocycles. The molecule has 0 atom stereocenters. The molecule has 0 radical (unpaired) electrons. The van der Waals surface area contributed by atoms with Crippen molar-refractivity contribution in [1.29, 1.82) is 0 Å². The van der Waals surface area contributed by atoms with Crippen LogP contribution in [0.1, 0.15) is 36.8 Å². The largest absolute Gasteiger partial charge is 0.342 e. The van der Waals surface area contributed by atoms with Gasteiger partial charge >= 0.3 is 0 Å². The van der Waals surface area contributed by atoms with Gasteiger partial charge in [-0.05, 0) is 93.9 Å². The average Bonchev–Trinajstić information content (AvgIpc) is 2.86.